The van der Waals surface area contributed by atoms with Crippen LogP contribution in [0.4, 0.5) is 14.9 Å². The molecule has 1 aliphatic heterocycles. The number of benzene rings is 1. The summed E-state index contributed by atoms with van der Waals surface area (Å²) in [5, 5.41) is 2.72. The normalized spacial score (nSPS) is 19.2. The lowest BCUT2D eigenvalue weighted by molar-refractivity contribution is -0.132. The highest BCUT2D eigenvalue weighted by atomic mass is 19.1. The summed E-state index contributed by atoms with van der Waals surface area (Å²) < 4.78 is 13.0. The fourth-order valence-electron chi connectivity index (χ4n) is 2.37. The number of hydrogen-bond acceptors (Lipinski definition) is 3. The maximum Gasteiger partial charge on any atom is 0.332 e. The second-order valence-electron chi connectivity index (χ2n) is 5.61. The maximum absolute atomic E-state index is 13.0. The summed E-state index contributed by atoms with van der Waals surface area (Å²) in [6.45, 7) is 5.04. The first-order valence-electron chi connectivity index (χ1n) is 7.54. The number of nitrogens with one attached hydrogen (secondary N) is 1. The van der Waals surface area contributed by atoms with Crippen molar-refractivity contribution in [1.29, 1.82) is 0 Å². The Hall–Kier alpha value is -2.44. The third-order valence-electron chi connectivity index (χ3n) is 3.87. The molecule has 0 bridgehead atoms. The zero-order chi connectivity index (χ0) is 17.1. The van der Waals surface area contributed by atoms with E-state index < -0.39 is 23.8 Å². The van der Waals surface area contributed by atoms with Crippen molar-refractivity contribution in [3.63, 3.8) is 0 Å². The number of hydrogen-bond donors (Lipinski definition) is 1. The van der Waals surface area contributed by atoms with Crippen LogP contribution >= 0.6 is 0 Å². The number of imide groups is 1. The Bertz CT molecular complexity index is 618. The van der Waals surface area contributed by atoms with Crippen molar-refractivity contribution in [2.45, 2.75) is 39.3 Å². The fraction of sp³-hybridized carbons (Fsp3) is 0.438. The van der Waals surface area contributed by atoms with E-state index in [1.807, 2.05) is 13.8 Å². The van der Waals surface area contributed by atoms with E-state index in [4.69, 9.17) is 0 Å². The molecule has 2 atom stereocenters. The molecule has 1 N–H and O–H groups in total. The summed E-state index contributed by atoms with van der Waals surface area (Å²) in [6, 6.07) is 3.97. The molecule has 2 rings (SSSR count). The highest BCUT2D eigenvalue weighted by Gasteiger charge is 2.44. The minimum absolute atomic E-state index is 0.0269. The lowest BCUT2D eigenvalue weighted by Gasteiger charge is -2.19. The number of amides is 4. The van der Waals surface area contributed by atoms with Gasteiger partial charge in [0.1, 0.15) is 18.4 Å². The summed E-state index contributed by atoms with van der Waals surface area (Å²) in [7, 11) is 0. The molecule has 0 radical (unpaired) electrons. The molecule has 1 aromatic rings. The predicted octanol–water partition coefficient (Wildman–Crippen LogP) is 1.90. The molecule has 0 aromatic heterocycles. The predicted molar refractivity (Wildman–Crippen MR) is 83.3 cm³/mol. The van der Waals surface area contributed by atoms with Crippen LogP contribution in [0.15, 0.2) is 24.3 Å². The standard InChI is InChI=1S/C16H20FN3O3/c1-4-10(2)18-14(21)9-19-15(22)11(3)20(16(19)23)13-7-5-12(17)6-8-13/h5-8,10-11H,4,9H2,1-3H3,(H,18,21)/t10-,11+/m0/s1. The Morgan fingerprint density at radius 1 is 1.30 bits per heavy atom. The number of halogens is 1. The van der Waals surface area contributed by atoms with E-state index in [1.165, 1.54) is 29.2 Å². The van der Waals surface area contributed by atoms with Gasteiger partial charge < -0.3 is 5.32 Å². The first kappa shape index (κ1) is 16.9. The number of carbonyl (C=O) groups is 3. The number of carbonyl (C=O) groups excluding carboxylic acids is 3. The summed E-state index contributed by atoms with van der Waals surface area (Å²) >= 11 is 0. The molecule has 1 heterocycles. The van der Waals surface area contributed by atoms with Gasteiger partial charge in [-0.15, -0.1) is 0 Å². The van der Waals surface area contributed by atoms with E-state index in [-0.39, 0.29) is 18.5 Å². The lowest BCUT2D eigenvalue weighted by atomic mass is 10.2. The molecule has 1 fully saturated rings. The van der Waals surface area contributed by atoms with E-state index in [0.717, 1.165) is 11.3 Å². The molecule has 1 aromatic carbocycles. The molecule has 4 amide bonds. The quantitative estimate of drug-likeness (QED) is 0.842. The van der Waals surface area contributed by atoms with Crippen molar-refractivity contribution in [2.75, 3.05) is 11.4 Å². The van der Waals surface area contributed by atoms with E-state index in [9.17, 15) is 18.8 Å². The number of rotatable bonds is 5. The van der Waals surface area contributed by atoms with E-state index in [2.05, 4.69) is 5.32 Å². The van der Waals surface area contributed by atoms with Gasteiger partial charge in [0, 0.05) is 11.7 Å². The van der Waals surface area contributed by atoms with Crippen molar-refractivity contribution in [3.8, 4) is 0 Å². The van der Waals surface area contributed by atoms with Crippen LogP contribution in [0.3, 0.4) is 0 Å². The van der Waals surface area contributed by atoms with Crippen LogP contribution < -0.4 is 10.2 Å². The number of nitrogens with zero attached hydrogens (tertiary/aromatic N) is 2. The van der Waals surface area contributed by atoms with Crippen LogP contribution in [0.5, 0.6) is 0 Å². The average molecular weight is 321 g/mol. The molecule has 0 saturated carbocycles. The smallest absolute Gasteiger partial charge is 0.332 e. The van der Waals surface area contributed by atoms with Crippen molar-refractivity contribution >= 4 is 23.5 Å². The molecule has 124 valence electrons. The number of urea groups is 1. The number of anilines is 1. The largest absolute Gasteiger partial charge is 0.352 e. The topological polar surface area (TPSA) is 69.7 Å². The van der Waals surface area contributed by atoms with Gasteiger partial charge in [0.25, 0.3) is 5.91 Å². The monoisotopic (exact) mass is 321 g/mol. The van der Waals surface area contributed by atoms with Gasteiger partial charge in [-0.2, -0.15) is 0 Å². The van der Waals surface area contributed by atoms with Crippen LogP contribution in [0.25, 0.3) is 0 Å². The molecule has 1 aliphatic rings. The Balaban J connectivity index is 2.14. The Morgan fingerprint density at radius 3 is 2.48 bits per heavy atom. The van der Waals surface area contributed by atoms with E-state index in [0.29, 0.717) is 5.69 Å². The zero-order valence-electron chi connectivity index (χ0n) is 13.4. The minimum Gasteiger partial charge on any atom is -0.352 e. The van der Waals surface area contributed by atoms with Gasteiger partial charge in [0.05, 0.1) is 0 Å². The highest BCUT2D eigenvalue weighted by molar-refractivity contribution is 6.15. The summed E-state index contributed by atoms with van der Waals surface area (Å²) in [4.78, 5) is 38.8. The molecule has 1 saturated heterocycles. The van der Waals surface area contributed by atoms with Crippen LogP contribution in [-0.4, -0.2) is 41.4 Å². The van der Waals surface area contributed by atoms with Crippen LogP contribution in [-0.2, 0) is 9.59 Å². The fourth-order valence-corrected chi connectivity index (χ4v) is 2.37. The second-order valence-corrected chi connectivity index (χ2v) is 5.61. The Morgan fingerprint density at radius 2 is 1.91 bits per heavy atom. The van der Waals surface area contributed by atoms with Gasteiger partial charge in [-0.25, -0.2) is 9.18 Å². The molecule has 7 heteroatoms. The maximum atomic E-state index is 13.0. The van der Waals surface area contributed by atoms with Crippen LogP contribution in [0, 0.1) is 5.82 Å². The zero-order valence-corrected chi connectivity index (χ0v) is 13.4. The third-order valence-corrected chi connectivity index (χ3v) is 3.87. The first-order valence-corrected chi connectivity index (χ1v) is 7.54. The molecule has 0 aliphatic carbocycles. The van der Waals surface area contributed by atoms with Crippen molar-refractivity contribution in [2.24, 2.45) is 0 Å². The highest BCUT2D eigenvalue weighted by Crippen LogP contribution is 2.25. The van der Waals surface area contributed by atoms with Gasteiger partial charge >= 0.3 is 6.03 Å². The van der Waals surface area contributed by atoms with E-state index >= 15 is 0 Å². The summed E-state index contributed by atoms with van der Waals surface area (Å²) in [5.41, 5.74) is 0.419. The summed E-state index contributed by atoms with van der Waals surface area (Å²) in [5.74, 6) is -1.25. The molecule has 23 heavy (non-hydrogen) atoms. The average Bonchev–Trinajstić information content (AvgIpc) is 2.72. The van der Waals surface area contributed by atoms with Gasteiger partial charge in [0.2, 0.25) is 5.91 Å². The second kappa shape index (κ2) is 6.76. The van der Waals surface area contributed by atoms with E-state index in [1.54, 1.807) is 6.92 Å². The first-order chi connectivity index (χ1) is 10.8. The Kier molecular flexibility index (Phi) is 4.98. The van der Waals surface area contributed by atoms with Gasteiger partial charge in [-0.05, 0) is 44.5 Å². The van der Waals surface area contributed by atoms with Gasteiger partial charge in [-0.3, -0.25) is 19.4 Å². The van der Waals surface area contributed by atoms with Crippen molar-refractivity contribution in [3.05, 3.63) is 30.1 Å². The van der Waals surface area contributed by atoms with Gasteiger partial charge in [0.15, 0.2) is 0 Å². The Labute approximate surface area is 134 Å². The molecule has 6 nitrogen and oxygen atoms in total. The SMILES string of the molecule is CC[C@H](C)NC(=O)CN1C(=O)[C@@H](C)N(c2ccc(F)cc2)C1=O. The van der Waals surface area contributed by atoms with Crippen molar-refractivity contribution in [1.82, 2.24) is 10.2 Å². The summed E-state index contributed by atoms with van der Waals surface area (Å²) in [6.07, 6.45) is 0.756. The molecule has 0 spiro atoms. The lowest BCUT2D eigenvalue weighted by Crippen LogP contribution is -2.43. The van der Waals surface area contributed by atoms with Crippen LogP contribution in [0.2, 0.25) is 0 Å². The third kappa shape index (κ3) is 3.49. The van der Waals surface area contributed by atoms with Crippen LogP contribution in [0.1, 0.15) is 27.2 Å². The van der Waals surface area contributed by atoms with Gasteiger partial charge in [-0.1, -0.05) is 6.92 Å². The van der Waals surface area contributed by atoms with Crippen molar-refractivity contribution < 1.29 is 18.8 Å². The minimum atomic E-state index is -0.732. The molecular formula is C16H20FN3O3. The molecule has 0 unspecified atom stereocenters. The molecular weight excluding hydrogens is 301 g/mol.